The van der Waals surface area contributed by atoms with Crippen molar-refractivity contribution in [3.63, 3.8) is 0 Å². The molecule has 1 amide bonds. The summed E-state index contributed by atoms with van der Waals surface area (Å²) in [6.07, 6.45) is 3.43. The Morgan fingerprint density at radius 1 is 1.09 bits per heavy atom. The van der Waals surface area contributed by atoms with Crippen LogP contribution < -0.4 is 4.90 Å². The molecule has 1 fully saturated rings. The van der Waals surface area contributed by atoms with Crippen molar-refractivity contribution < 1.29 is 14.3 Å². The van der Waals surface area contributed by atoms with Gasteiger partial charge in [0.2, 0.25) is 0 Å². The van der Waals surface area contributed by atoms with E-state index in [4.69, 9.17) is 14.7 Å². The van der Waals surface area contributed by atoms with E-state index in [9.17, 15) is 9.59 Å². The molecule has 5 rings (SSSR count). The number of ether oxygens (including phenoxy) is 1. The number of hydrogen-bond donors (Lipinski definition) is 0. The van der Waals surface area contributed by atoms with Crippen LogP contribution >= 0.6 is 22.7 Å². The lowest BCUT2D eigenvalue weighted by atomic mass is 9.89. The van der Waals surface area contributed by atoms with Crippen LogP contribution in [0.5, 0.6) is 0 Å². The molecule has 0 unspecified atom stereocenters. The molecular weight excluding hydrogens is 444 g/mol. The van der Waals surface area contributed by atoms with Crippen molar-refractivity contribution in [3.05, 3.63) is 38.2 Å². The smallest absolute Gasteiger partial charge is 0.348 e. The maximum Gasteiger partial charge on any atom is 0.348 e. The molecule has 0 saturated carbocycles. The van der Waals surface area contributed by atoms with Crippen LogP contribution in [0.2, 0.25) is 0 Å². The molecule has 2 aliphatic rings. The number of fused-ring (bicyclic) bond motifs is 3. The number of aryl methyl sites for hydroxylation is 2. The summed E-state index contributed by atoms with van der Waals surface area (Å²) in [4.78, 5) is 42.0. The Morgan fingerprint density at radius 2 is 1.84 bits per heavy atom. The summed E-state index contributed by atoms with van der Waals surface area (Å²) in [6.45, 7) is 6.99. The minimum Gasteiger partial charge on any atom is -0.465 e. The van der Waals surface area contributed by atoms with E-state index in [1.807, 2.05) is 23.2 Å². The lowest BCUT2D eigenvalue weighted by Crippen LogP contribution is -2.49. The first-order valence-corrected chi connectivity index (χ1v) is 12.6. The lowest BCUT2D eigenvalue weighted by Gasteiger charge is -2.35. The number of rotatable bonds is 3. The molecule has 1 atom stereocenters. The highest BCUT2D eigenvalue weighted by Gasteiger charge is 2.29. The molecule has 9 heteroatoms. The molecule has 1 aliphatic carbocycles. The van der Waals surface area contributed by atoms with Crippen LogP contribution in [0.3, 0.4) is 0 Å². The van der Waals surface area contributed by atoms with E-state index in [0.29, 0.717) is 22.8 Å². The normalized spacial score (nSPS) is 18.7. The van der Waals surface area contributed by atoms with Gasteiger partial charge in [0.05, 0.1) is 17.4 Å². The Hall–Kier alpha value is -2.52. The summed E-state index contributed by atoms with van der Waals surface area (Å²) in [5, 5.41) is 1.23. The van der Waals surface area contributed by atoms with Crippen LogP contribution in [0.25, 0.3) is 10.2 Å². The van der Waals surface area contributed by atoms with Crippen LogP contribution in [-0.4, -0.2) is 60.0 Å². The second kappa shape index (κ2) is 8.44. The van der Waals surface area contributed by atoms with Crippen LogP contribution in [0, 0.1) is 12.8 Å². The number of piperazine rings is 1. The molecular formula is C23H26N4O3S2. The number of methoxy groups -OCH3 is 1. The number of hydrogen-bond acceptors (Lipinski definition) is 8. The SMILES string of the molecule is COC(=O)c1ccc(C(=O)N2CCN(c3nc(C)nc4sc5c(c34)CC[C@@H](C)C5)CC2)s1. The van der Waals surface area contributed by atoms with Gasteiger partial charge in [-0.3, -0.25) is 4.79 Å². The minimum absolute atomic E-state index is 0.0317. The predicted molar refractivity (Wildman–Crippen MR) is 127 cm³/mol. The van der Waals surface area contributed by atoms with E-state index in [1.54, 1.807) is 12.1 Å². The first kappa shape index (κ1) is 21.3. The van der Waals surface area contributed by atoms with Gasteiger partial charge in [0.1, 0.15) is 21.3 Å². The molecule has 1 aliphatic heterocycles. The Balaban J connectivity index is 1.36. The van der Waals surface area contributed by atoms with Crippen molar-refractivity contribution in [2.45, 2.75) is 33.1 Å². The van der Waals surface area contributed by atoms with Gasteiger partial charge < -0.3 is 14.5 Å². The first-order valence-electron chi connectivity index (χ1n) is 11.0. The van der Waals surface area contributed by atoms with Gasteiger partial charge in [0, 0.05) is 31.1 Å². The van der Waals surface area contributed by atoms with Crippen molar-refractivity contribution in [3.8, 4) is 0 Å². The Morgan fingerprint density at radius 3 is 2.59 bits per heavy atom. The van der Waals surface area contributed by atoms with Gasteiger partial charge >= 0.3 is 5.97 Å². The number of carbonyl (C=O) groups excluding carboxylic acids is 2. The molecule has 7 nitrogen and oxygen atoms in total. The lowest BCUT2D eigenvalue weighted by molar-refractivity contribution is 0.0606. The molecule has 4 heterocycles. The Kier molecular flexibility index (Phi) is 5.63. The zero-order valence-electron chi connectivity index (χ0n) is 18.5. The van der Waals surface area contributed by atoms with E-state index in [0.717, 1.165) is 48.3 Å². The van der Waals surface area contributed by atoms with Crippen molar-refractivity contribution in [2.24, 2.45) is 5.92 Å². The third kappa shape index (κ3) is 3.77. The standard InChI is InChI=1S/C23H26N4O3S2/c1-13-4-5-15-18(12-13)32-21-19(15)20(24-14(2)25-21)26-8-10-27(11-9-26)22(28)16-6-7-17(31-16)23(29)30-3/h6-7,13H,4-5,8-12H2,1-3H3/t13-/m1/s1. The van der Waals surface area contributed by atoms with E-state index in [1.165, 1.54) is 40.7 Å². The third-order valence-electron chi connectivity index (χ3n) is 6.32. The van der Waals surface area contributed by atoms with E-state index >= 15 is 0 Å². The monoisotopic (exact) mass is 470 g/mol. The topological polar surface area (TPSA) is 75.6 Å². The molecule has 3 aromatic heterocycles. The number of esters is 1. The highest BCUT2D eigenvalue weighted by atomic mass is 32.1. The molecule has 0 bridgehead atoms. The number of thiophene rings is 2. The zero-order valence-corrected chi connectivity index (χ0v) is 20.1. The summed E-state index contributed by atoms with van der Waals surface area (Å²) >= 11 is 3.01. The van der Waals surface area contributed by atoms with Crippen LogP contribution in [0.4, 0.5) is 5.82 Å². The fourth-order valence-corrected chi connectivity index (χ4v) is 6.91. The number of nitrogens with zero attached hydrogens (tertiary/aromatic N) is 4. The van der Waals surface area contributed by atoms with Gasteiger partial charge in [-0.25, -0.2) is 14.8 Å². The summed E-state index contributed by atoms with van der Waals surface area (Å²) < 4.78 is 4.75. The van der Waals surface area contributed by atoms with Gasteiger partial charge in [0.15, 0.2) is 0 Å². The molecule has 3 aromatic rings. The summed E-state index contributed by atoms with van der Waals surface area (Å²) in [6, 6.07) is 3.36. The number of amides is 1. The van der Waals surface area contributed by atoms with Crippen molar-refractivity contribution in [1.82, 2.24) is 14.9 Å². The van der Waals surface area contributed by atoms with Crippen LogP contribution in [-0.2, 0) is 17.6 Å². The zero-order chi connectivity index (χ0) is 22.4. The number of aromatic nitrogens is 2. The van der Waals surface area contributed by atoms with E-state index in [-0.39, 0.29) is 5.91 Å². The predicted octanol–water partition coefficient (Wildman–Crippen LogP) is 3.94. The summed E-state index contributed by atoms with van der Waals surface area (Å²) in [5.74, 6) is 2.10. The maximum atomic E-state index is 13.0. The van der Waals surface area contributed by atoms with E-state index < -0.39 is 5.97 Å². The highest BCUT2D eigenvalue weighted by Crippen LogP contribution is 2.41. The second-order valence-electron chi connectivity index (χ2n) is 8.56. The number of carbonyl (C=O) groups is 2. The van der Waals surface area contributed by atoms with Gasteiger partial charge in [-0.05, 0) is 49.8 Å². The summed E-state index contributed by atoms with van der Waals surface area (Å²) in [5.41, 5.74) is 1.44. The quantitative estimate of drug-likeness (QED) is 0.540. The first-order chi connectivity index (χ1) is 15.4. The van der Waals surface area contributed by atoms with Crippen molar-refractivity contribution in [2.75, 3.05) is 38.2 Å². The van der Waals surface area contributed by atoms with Crippen LogP contribution in [0.1, 0.15) is 49.0 Å². The molecule has 0 spiro atoms. The van der Waals surface area contributed by atoms with Crippen LogP contribution in [0.15, 0.2) is 12.1 Å². The number of anilines is 1. The van der Waals surface area contributed by atoms with Gasteiger partial charge in [0.25, 0.3) is 5.91 Å². The molecule has 32 heavy (non-hydrogen) atoms. The van der Waals surface area contributed by atoms with Crippen molar-refractivity contribution in [1.29, 1.82) is 0 Å². The molecule has 1 saturated heterocycles. The van der Waals surface area contributed by atoms with E-state index in [2.05, 4.69) is 11.8 Å². The average molecular weight is 471 g/mol. The van der Waals surface area contributed by atoms with Gasteiger partial charge in [-0.2, -0.15) is 0 Å². The molecule has 0 radical (unpaired) electrons. The Labute approximate surface area is 195 Å². The Bertz CT molecular complexity index is 1190. The maximum absolute atomic E-state index is 13.0. The molecule has 168 valence electrons. The average Bonchev–Trinajstić information content (AvgIpc) is 3.42. The highest BCUT2D eigenvalue weighted by molar-refractivity contribution is 7.19. The van der Waals surface area contributed by atoms with Crippen molar-refractivity contribution >= 4 is 50.6 Å². The summed E-state index contributed by atoms with van der Waals surface area (Å²) in [7, 11) is 1.35. The second-order valence-corrected chi connectivity index (χ2v) is 10.7. The van der Waals surface area contributed by atoms with Gasteiger partial charge in [-0.1, -0.05) is 6.92 Å². The fraction of sp³-hybridized carbons (Fsp3) is 0.478. The largest absolute Gasteiger partial charge is 0.465 e. The van der Waals surface area contributed by atoms with Gasteiger partial charge in [-0.15, -0.1) is 22.7 Å². The minimum atomic E-state index is -0.407. The molecule has 0 N–H and O–H groups in total. The third-order valence-corrected chi connectivity index (χ3v) is 8.52. The molecule has 0 aromatic carbocycles. The fourth-order valence-electron chi connectivity index (χ4n) is 4.60.